The van der Waals surface area contributed by atoms with Crippen molar-refractivity contribution < 1.29 is 5.11 Å². The number of aliphatic hydroxyl groups is 1. The molecule has 0 aromatic heterocycles. The average molecular weight is 194 g/mol. The summed E-state index contributed by atoms with van der Waals surface area (Å²) >= 11 is 0. The van der Waals surface area contributed by atoms with Crippen LogP contribution in [0.1, 0.15) is 44.9 Å². The van der Waals surface area contributed by atoms with Gasteiger partial charge in [-0.1, -0.05) is 6.08 Å². The molecule has 2 aliphatic rings. The first-order chi connectivity index (χ1) is 6.79. The van der Waals surface area contributed by atoms with E-state index < -0.39 is 0 Å². The third-order valence-corrected chi connectivity index (χ3v) is 4.19. The summed E-state index contributed by atoms with van der Waals surface area (Å²) in [5.74, 6) is 2.64. The molecule has 1 N–H and O–H groups in total. The molecule has 1 heteroatoms. The van der Waals surface area contributed by atoms with Crippen LogP contribution in [0.3, 0.4) is 0 Å². The van der Waals surface area contributed by atoms with Gasteiger partial charge < -0.3 is 5.11 Å². The molecule has 2 unspecified atom stereocenters. The number of fused-ring (bicyclic) bond motifs is 1. The fourth-order valence-corrected chi connectivity index (χ4v) is 3.41. The monoisotopic (exact) mass is 194 g/mol. The second kappa shape index (κ2) is 4.48. The summed E-state index contributed by atoms with van der Waals surface area (Å²) in [6, 6.07) is 0. The average Bonchev–Trinajstić information content (AvgIpc) is 2.19. The van der Waals surface area contributed by atoms with Gasteiger partial charge in [0.2, 0.25) is 0 Å². The van der Waals surface area contributed by atoms with Gasteiger partial charge in [-0.05, 0) is 62.7 Å². The predicted octanol–water partition coefficient (Wildman–Crippen LogP) is 3.14. The van der Waals surface area contributed by atoms with Gasteiger partial charge in [-0.2, -0.15) is 0 Å². The number of allylic oxidation sites excluding steroid dienone is 1. The lowest BCUT2D eigenvalue weighted by molar-refractivity contribution is 0.0357. The lowest BCUT2D eigenvalue weighted by Crippen LogP contribution is -2.32. The van der Waals surface area contributed by atoms with Crippen LogP contribution in [0.25, 0.3) is 0 Å². The van der Waals surface area contributed by atoms with Crippen LogP contribution < -0.4 is 0 Å². The van der Waals surface area contributed by atoms with Gasteiger partial charge in [-0.3, -0.25) is 0 Å². The Balaban J connectivity index is 1.88. The summed E-state index contributed by atoms with van der Waals surface area (Å²) in [6.45, 7) is 3.83. The van der Waals surface area contributed by atoms with E-state index in [1.54, 1.807) is 0 Å². The molecule has 2 aliphatic carbocycles. The molecule has 0 bridgehead atoms. The van der Waals surface area contributed by atoms with Crippen molar-refractivity contribution in [3.8, 4) is 0 Å². The molecule has 0 saturated heterocycles. The Kier molecular flexibility index (Phi) is 3.27. The van der Waals surface area contributed by atoms with Crippen LogP contribution >= 0.6 is 0 Å². The molecule has 0 radical (unpaired) electrons. The summed E-state index contributed by atoms with van der Waals surface area (Å²) < 4.78 is 0. The van der Waals surface area contributed by atoms with E-state index in [4.69, 9.17) is 0 Å². The normalized spacial score (nSPS) is 42.9. The Hall–Kier alpha value is -0.300. The van der Waals surface area contributed by atoms with Gasteiger partial charge in [0.1, 0.15) is 0 Å². The Morgan fingerprint density at radius 3 is 2.57 bits per heavy atom. The Labute approximate surface area is 87.2 Å². The third-order valence-electron chi connectivity index (χ3n) is 4.19. The van der Waals surface area contributed by atoms with E-state index in [9.17, 15) is 5.11 Å². The topological polar surface area (TPSA) is 20.2 Å². The van der Waals surface area contributed by atoms with Crippen molar-refractivity contribution in [2.24, 2.45) is 17.8 Å². The molecule has 1 nitrogen and oxygen atoms in total. The van der Waals surface area contributed by atoms with E-state index in [0.29, 0.717) is 0 Å². The molecule has 0 spiro atoms. The summed E-state index contributed by atoms with van der Waals surface area (Å²) in [5.41, 5.74) is 0. The van der Waals surface area contributed by atoms with Gasteiger partial charge >= 0.3 is 0 Å². The molecule has 2 rings (SSSR count). The van der Waals surface area contributed by atoms with Crippen molar-refractivity contribution in [1.29, 1.82) is 0 Å². The molecular weight excluding hydrogens is 172 g/mol. The lowest BCUT2D eigenvalue weighted by Gasteiger charge is -2.40. The fourth-order valence-electron chi connectivity index (χ4n) is 3.41. The van der Waals surface area contributed by atoms with Crippen molar-refractivity contribution in [3.63, 3.8) is 0 Å². The summed E-state index contributed by atoms with van der Waals surface area (Å²) in [7, 11) is 0. The summed E-state index contributed by atoms with van der Waals surface area (Å²) in [5, 5.41) is 9.60. The predicted molar refractivity (Wildman–Crippen MR) is 59.0 cm³/mol. The molecule has 0 heterocycles. The quantitative estimate of drug-likeness (QED) is 0.670. The lowest BCUT2D eigenvalue weighted by atomic mass is 9.66. The van der Waals surface area contributed by atoms with Gasteiger partial charge in [0.15, 0.2) is 0 Å². The molecule has 14 heavy (non-hydrogen) atoms. The second-order valence-electron chi connectivity index (χ2n) is 5.19. The van der Waals surface area contributed by atoms with Crippen LogP contribution in [0, 0.1) is 17.8 Å². The van der Waals surface area contributed by atoms with Crippen LogP contribution in [0.4, 0.5) is 0 Å². The largest absolute Gasteiger partial charge is 0.393 e. The van der Waals surface area contributed by atoms with E-state index in [1.165, 1.54) is 32.1 Å². The molecular formula is C13H22O. The van der Waals surface area contributed by atoms with Crippen LogP contribution in [0.5, 0.6) is 0 Å². The molecule has 80 valence electrons. The van der Waals surface area contributed by atoms with E-state index in [0.717, 1.165) is 30.6 Å². The minimum absolute atomic E-state index is 0.00667. The van der Waals surface area contributed by atoms with E-state index in [1.807, 2.05) is 0 Å². The Morgan fingerprint density at radius 1 is 1.07 bits per heavy atom. The number of hydrogen-bond acceptors (Lipinski definition) is 1. The fraction of sp³-hybridized carbons (Fsp3) is 0.846. The maximum atomic E-state index is 9.60. The highest BCUT2D eigenvalue weighted by Crippen LogP contribution is 2.43. The molecule has 0 aromatic rings. The molecule has 4 atom stereocenters. The van der Waals surface area contributed by atoms with Gasteiger partial charge in [-0.25, -0.2) is 0 Å². The van der Waals surface area contributed by atoms with Gasteiger partial charge in [0.25, 0.3) is 0 Å². The second-order valence-corrected chi connectivity index (χ2v) is 5.19. The van der Waals surface area contributed by atoms with E-state index in [2.05, 4.69) is 12.7 Å². The molecule has 0 aromatic carbocycles. The van der Waals surface area contributed by atoms with Crippen LogP contribution in [-0.4, -0.2) is 11.2 Å². The highest BCUT2D eigenvalue weighted by Gasteiger charge is 2.34. The Bertz CT molecular complexity index is 199. The standard InChI is InChI=1S/C13H22O/c1-2-3-10-4-5-12-9-13(14)7-6-11(12)8-10/h2,10-14H,1,3-9H2/t10?,11-,12?,13-/m1/s1. The molecule has 0 amide bonds. The maximum absolute atomic E-state index is 9.60. The minimum atomic E-state index is 0.00667. The van der Waals surface area contributed by atoms with Crippen molar-refractivity contribution in [2.75, 3.05) is 0 Å². The van der Waals surface area contributed by atoms with Crippen LogP contribution in [0.15, 0.2) is 12.7 Å². The first kappa shape index (κ1) is 10.2. The molecule has 0 aliphatic heterocycles. The van der Waals surface area contributed by atoms with Gasteiger partial charge in [0, 0.05) is 0 Å². The highest BCUT2D eigenvalue weighted by atomic mass is 16.3. The van der Waals surface area contributed by atoms with E-state index in [-0.39, 0.29) is 6.10 Å². The Morgan fingerprint density at radius 2 is 1.79 bits per heavy atom. The SMILES string of the molecule is C=CCC1CCC2C[C@H](O)CC[C@@H]2C1. The zero-order chi connectivity index (χ0) is 9.97. The van der Waals surface area contributed by atoms with Crippen molar-refractivity contribution in [1.82, 2.24) is 0 Å². The number of hydrogen-bond donors (Lipinski definition) is 1. The number of rotatable bonds is 2. The van der Waals surface area contributed by atoms with Crippen molar-refractivity contribution in [2.45, 2.75) is 51.0 Å². The van der Waals surface area contributed by atoms with Crippen LogP contribution in [0.2, 0.25) is 0 Å². The first-order valence-corrected chi connectivity index (χ1v) is 6.08. The summed E-state index contributed by atoms with van der Waals surface area (Å²) in [4.78, 5) is 0. The zero-order valence-electron chi connectivity index (χ0n) is 8.99. The van der Waals surface area contributed by atoms with Gasteiger partial charge in [-0.15, -0.1) is 6.58 Å². The maximum Gasteiger partial charge on any atom is 0.0543 e. The van der Waals surface area contributed by atoms with E-state index >= 15 is 0 Å². The van der Waals surface area contributed by atoms with Gasteiger partial charge in [0.05, 0.1) is 6.10 Å². The molecule has 2 saturated carbocycles. The third kappa shape index (κ3) is 2.20. The smallest absolute Gasteiger partial charge is 0.0543 e. The molecule has 2 fully saturated rings. The summed E-state index contributed by atoms with van der Waals surface area (Å²) in [6.07, 6.45) is 10.8. The van der Waals surface area contributed by atoms with Crippen LogP contribution in [-0.2, 0) is 0 Å². The van der Waals surface area contributed by atoms with Crippen molar-refractivity contribution >= 4 is 0 Å². The first-order valence-electron chi connectivity index (χ1n) is 6.08. The zero-order valence-corrected chi connectivity index (χ0v) is 8.99. The van der Waals surface area contributed by atoms with Crippen molar-refractivity contribution in [3.05, 3.63) is 12.7 Å². The number of aliphatic hydroxyl groups excluding tert-OH is 1. The highest BCUT2D eigenvalue weighted by molar-refractivity contribution is 4.87. The minimum Gasteiger partial charge on any atom is -0.393 e.